The zero-order chi connectivity index (χ0) is 18.8. The molecule has 1 amide bonds. The summed E-state index contributed by atoms with van der Waals surface area (Å²) in [6, 6.07) is 9.44. The minimum atomic E-state index is -0.298. The summed E-state index contributed by atoms with van der Waals surface area (Å²) in [7, 11) is 1.48. The first-order valence-electron chi connectivity index (χ1n) is 8.63. The fourth-order valence-corrected chi connectivity index (χ4v) is 3.25. The Bertz CT molecular complexity index is 970. The molecule has 7 nitrogen and oxygen atoms in total. The number of carbonyl (C=O) groups is 1. The van der Waals surface area contributed by atoms with Gasteiger partial charge in [0.15, 0.2) is 5.82 Å². The summed E-state index contributed by atoms with van der Waals surface area (Å²) in [5, 5.41) is 11.5. The van der Waals surface area contributed by atoms with Crippen molar-refractivity contribution < 1.29 is 13.9 Å². The van der Waals surface area contributed by atoms with Crippen LogP contribution in [0.25, 0.3) is 11.4 Å². The molecule has 1 N–H and O–H groups in total. The molecule has 138 valence electrons. The lowest BCUT2D eigenvalue weighted by atomic mass is 10.1. The molecule has 1 aliphatic rings. The Labute approximate surface area is 155 Å². The highest BCUT2D eigenvalue weighted by Gasteiger charge is 2.25. The van der Waals surface area contributed by atoms with Crippen LogP contribution in [0.5, 0.6) is 5.88 Å². The van der Waals surface area contributed by atoms with Crippen molar-refractivity contribution in [2.24, 2.45) is 0 Å². The topological polar surface area (TPSA) is 81.9 Å². The number of hydrogen-bond donors (Lipinski definition) is 1. The van der Waals surface area contributed by atoms with Gasteiger partial charge in [-0.15, -0.1) is 10.2 Å². The van der Waals surface area contributed by atoms with Crippen molar-refractivity contribution in [1.82, 2.24) is 25.1 Å². The number of aryl methyl sites for hydroxylation is 1. The van der Waals surface area contributed by atoms with E-state index in [0.29, 0.717) is 30.2 Å². The number of methoxy groups -OCH3 is 1. The molecule has 4 rings (SSSR count). The van der Waals surface area contributed by atoms with Crippen LogP contribution in [0, 0.1) is 5.82 Å². The zero-order valence-electron chi connectivity index (χ0n) is 14.7. The summed E-state index contributed by atoms with van der Waals surface area (Å²) >= 11 is 0. The van der Waals surface area contributed by atoms with Gasteiger partial charge in [0.25, 0.3) is 5.91 Å². The minimum absolute atomic E-state index is 0.0786. The van der Waals surface area contributed by atoms with Crippen molar-refractivity contribution in [3.05, 3.63) is 59.8 Å². The molecule has 0 fully saturated rings. The van der Waals surface area contributed by atoms with Crippen LogP contribution in [-0.2, 0) is 13.0 Å². The number of fused-ring (bicyclic) bond motifs is 1. The van der Waals surface area contributed by atoms with Crippen LogP contribution in [0.15, 0.2) is 42.6 Å². The van der Waals surface area contributed by atoms with E-state index in [1.165, 1.54) is 19.2 Å². The molecule has 3 aromatic rings. The normalized spacial score (nSPS) is 15.9. The van der Waals surface area contributed by atoms with Gasteiger partial charge < -0.3 is 14.6 Å². The molecule has 0 saturated heterocycles. The molecule has 27 heavy (non-hydrogen) atoms. The third-order valence-electron chi connectivity index (χ3n) is 4.59. The van der Waals surface area contributed by atoms with Gasteiger partial charge in [0.1, 0.15) is 17.2 Å². The van der Waals surface area contributed by atoms with Gasteiger partial charge in [0.05, 0.1) is 7.11 Å². The van der Waals surface area contributed by atoms with Crippen LogP contribution in [0.3, 0.4) is 0 Å². The number of hydrogen-bond acceptors (Lipinski definition) is 5. The average molecular weight is 367 g/mol. The van der Waals surface area contributed by atoms with Gasteiger partial charge in [-0.1, -0.05) is 0 Å². The zero-order valence-corrected chi connectivity index (χ0v) is 14.7. The fourth-order valence-electron chi connectivity index (χ4n) is 3.25. The predicted molar refractivity (Wildman–Crippen MR) is 95.8 cm³/mol. The number of rotatable bonds is 4. The Morgan fingerprint density at radius 3 is 2.85 bits per heavy atom. The molecular weight excluding hydrogens is 349 g/mol. The van der Waals surface area contributed by atoms with Crippen molar-refractivity contribution in [1.29, 1.82) is 0 Å². The molecule has 0 aliphatic carbocycles. The Hall–Kier alpha value is -3.29. The Kier molecular flexibility index (Phi) is 4.53. The molecule has 2 aromatic heterocycles. The van der Waals surface area contributed by atoms with E-state index in [1.807, 2.05) is 4.57 Å². The van der Waals surface area contributed by atoms with E-state index in [2.05, 4.69) is 20.5 Å². The molecule has 0 spiro atoms. The van der Waals surface area contributed by atoms with Crippen molar-refractivity contribution in [3.8, 4) is 17.3 Å². The van der Waals surface area contributed by atoms with Gasteiger partial charge in [0.2, 0.25) is 5.88 Å². The van der Waals surface area contributed by atoms with E-state index in [9.17, 15) is 9.18 Å². The van der Waals surface area contributed by atoms with Crippen molar-refractivity contribution in [2.75, 3.05) is 7.11 Å². The molecule has 0 unspecified atom stereocenters. The SMILES string of the molecule is COc1ncccc1C(=O)N[C@H]1CCc2nnc(-c3ccc(F)cc3)n2C1. The Morgan fingerprint density at radius 1 is 1.26 bits per heavy atom. The molecule has 0 radical (unpaired) electrons. The largest absolute Gasteiger partial charge is 0.480 e. The minimum Gasteiger partial charge on any atom is -0.480 e. The Balaban J connectivity index is 1.54. The molecule has 1 aliphatic heterocycles. The lowest BCUT2D eigenvalue weighted by Gasteiger charge is -2.25. The molecular formula is C19H18FN5O2. The maximum atomic E-state index is 13.2. The number of ether oxygens (including phenoxy) is 1. The first kappa shape index (κ1) is 17.1. The summed E-state index contributed by atoms with van der Waals surface area (Å²) < 4.78 is 20.3. The van der Waals surface area contributed by atoms with E-state index < -0.39 is 0 Å². The van der Waals surface area contributed by atoms with Crippen LogP contribution >= 0.6 is 0 Å². The molecule has 0 bridgehead atoms. The third kappa shape index (κ3) is 3.38. The van der Waals surface area contributed by atoms with Crippen molar-refractivity contribution in [3.63, 3.8) is 0 Å². The number of nitrogens with one attached hydrogen (secondary N) is 1. The number of halogens is 1. The second-order valence-electron chi connectivity index (χ2n) is 6.33. The molecule has 3 heterocycles. The maximum Gasteiger partial charge on any atom is 0.257 e. The van der Waals surface area contributed by atoms with Crippen LogP contribution in [0.2, 0.25) is 0 Å². The highest BCUT2D eigenvalue weighted by molar-refractivity contribution is 5.96. The van der Waals surface area contributed by atoms with Crippen LogP contribution in [0.4, 0.5) is 4.39 Å². The summed E-state index contributed by atoms with van der Waals surface area (Å²) in [6.45, 7) is 0.545. The monoisotopic (exact) mass is 367 g/mol. The van der Waals surface area contributed by atoms with Crippen molar-refractivity contribution in [2.45, 2.75) is 25.4 Å². The maximum absolute atomic E-state index is 13.2. The summed E-state index contributed by atoms with van der Waals surface area (Å²) in [5.41, 5.74) is 1.18. The van der Waals surface area contributed by atoms with Crippen LogP contribution in [0.1, 0.15) is 22.6 Å². The second-order valence-corrected chi connectivity index (χ2v) is 6.33. The van der Waals surface area contributed by atoms with E-state index in [-0.39, 0.29) is 17.8 Å². The van der Waals surface area contributed by atoms with Gasteiger partial charge in [-0.25, -0.2) is 9.37 Å². The standard InChI is InChI=1S/C19H18FN5O2/c1-27-19-15(3-2-10-21-19)18(26)22-14-8-9-16-23-24-17(25(16)11-14)12-4-6-13(20)7-5-12/h2-7,10,14H,8-9,11H2,1H3,(H,22,26)/t14-/m0/s1. The second kappa shape index (κ2) is 7.14. The Morgan fingerprint density at radius 2 is 2.07 bits per heavy atom. The lowest BCUT2D eigenvalue weighted by Crippen LogP contribution is -2.41. The number of amides is 1. The first-order chi connectivity index (χ1) is 13.2. The highest BCUT2D eigenvalue weighted by atomic mass is 19.1. The van der Waals surface area contributed by atoms with Gasteiger partial charge in [0, 0.05) is 30.8 Å². The van der Waals surface area contributed by atoms with Crippen molar-refractivity contribution >= 4 is 5.91 Å². The first-order valence-corrected chi connectivity index (χ1v) is 8.63. The number of aromatic nitrogens is 4. The lowest BCUT2D eigenvalue weighted by molar-refractivity contribution is 0.0924. The van der Waals surface area contributed by atoms with Gasteiger partial charge >= 0.3 is 0 Å². The van der Waals surface area contributed by atoms with E-state index in [4.69, 9.17) is 4.74 Å². The quantitative estimate of drug-likeness (QED) is 0.765. The fraction of sp³-hybridized carbons (Fsp3) is 0.263. The van der Waals surface area contributed by atoms with Gasteiger partial charge in [-0.05, 0) is 42.8 Å². The number of benzene rings is 1. The highest BCUT2D eigenvalue weighted by Crippen LogP contribution is 2.24. The van der Waals surface area contributed by atoms with E-state index in [0.717, 1.165) is 17.8 Å². The molecule has 1 aromatic carbocycles. The molecule has 1 atom stereocenters. The molecule has 8 heteroatoms. The molecule has 0 saturated carbocycles. The van der Waals surface area contributed by atoms with Crippen LogP contribution < -0.4 is 10.1 Å². The van der Waals surface area contributed by atoms with Gasteiger partial charge in [-0.3, -0.25) is 4.79 Å². The van der Waals surface area contributed by atoms with Gasteiger partial charge in [-0.2, -0.15) is 0 Å². The summed E-state index contributed by atoms with van der Waals surface area (Å²) in [5.74, 6) is 1.29. The number of pyridine rings is 1. The smallest absolute Gasteiger partial charge is 0.257 e. The summed E-state index contributed by atoms with van der Waals surface area (Å²) in [6.07, 6.45) is 3.04. The third-order valence-corrected chi connectivity index (χ3v) is 4.59. The van der Waals surface area contributed by atoms with Crippen LogP contribution in [-0.4, -0.2) is 38.8 Å². The number of nitrogens with zero attached hydrogens (tertiary/aromatic N) is 4. The number of carbonyl (C=O) groups excluding carboxylic acids is 1. The summed E-state index contributed by atoms with van der Waals surface area (Å²) in [4.78, 5) is 16.7. The van der Waals surface area contributed by atoms with E-state index in [1.54, 1.807) is 30.5 Å². The van der Waals surface area contributed by atoms with E-state index >= 15 is 0 Å². The average Bonchev–Trinajstić information content (AvgIpc) is 3.11. The predicted octanol–water partition coefficient (Wildman–Crippen LogP) is 2.23.